The average molecular weight is 288 g/mol. The van der Waals surface area contributed by atoms with Gasteiger partial charge in [0.15, 0.2) is 0 Å². The van der Waals surface area contributed by atoms with Crippen molar-refractivity contribution < 1.29 is 24.5 Å². The summed E-state index contributed by atoms with van der Waals surface area (Å²) in [6.45, 7) is 4.29. The van der Waals surface area contributed by atoms with Gasteiger partial charge in [-0.05, 0) is 24.3 Å². The highest BCUT2D eigenvalue weighted by atomic mass is 16.5. The molecule has 0 atom stereocenters. The van der Waals surface area contributed by atoms with Gasteiger partial charge in [-0.1, -0.05) is 24.8 Å². The molecule has 2 aromatic carbocycles. The highest BCUT2D eigenvalue weighted by Gasteiger charge is 1.92. The molecule has 21 heavy (non-hydrogen) atoms. The number of hydrogen-bond acceptors (Lipinski definition) is 5. The Balaban J connectivity index is 0.000000211. The Morgan fingerprint density at radius 3 is 2.10 bits per heavy atom. The van der Waals surface area contributed by atoms with Gasteiger partial charge in [0.25, 0.3) is 6.47 Å². The van der Waals surface area contributed by atoms with E-state index in [9.17, 15) is 4.79 Å². The Hall–Kier alpha value is -2.95. The van der Waals surface area contributed by atoms with Crippen LogP contribution in [0.2, 0.25) is 0 Å². The molecule has 5 heteroatoms. The molecule has 0 amide bonds. The molecular formula is C16H16O5. The van der Waals surface area contributed by atoms with Crippen LogP contribution in [0.5, 0.6) is 23.0 Å². The lowest BCUT2D eigenvalue weighted by Crippen LogP contribution is -1.91. The third kappa shape index (κ3) is 6.68. The van der Waals surface area contributed by atoms with Gasteiger partial charge in [-0.2, -0.15) is 0 Å². The minimum Gasteiger partial charge on any atom is -0.508 e. The number of hydrogen-bond donors (Lipinski definition) is 2. The van der Waals surface area contributed by atoms with Crippen LogP contribution < -0.4 is 9.47 Å². The summed E-state index contributed by atoms with van der Waals surface area (Å²) >= 11 is 0. The first-order valence-electron chi connectivity index (χ1n) is 6.07. The number of ether oxygens (including phenoxy) is 2. The maximum atomic E-state index is 9.78. The molecule has 0 aliphatic rings. The summed E-state index contributed by atoms with van der Waals surface area (Å²) in [5.74, 6) is 1.30. The summed E-state index contributed by atoms with van der Waals surface area (Å²) in [6, 6.07) is 12.7. The number of carbonyl (C=O) groups is 1. The zero-order chi connectivity index (χ0) is 15.5. The Kier molecular flexibility index (Phi) is 6.93. The van der Waals surface area contributed by atoms with Crippen LogP contribution in [0.15, 0.2) is 61.2 Å². The van der Waals surface area contributed by atoms with Crippen molar-refractivity contribution in [3.63, 3.8) is 0 Å². The van der Waals surface area contributed by atoms with E-state index in [1.54, 1.807) is 42.5 Å². The maximum Gasteiger partial charge on any atom is 0.298 e. The van der Waals surface area contributed by atoms with E-state index >= 15 is 0 Å². The summed E-state index contributed by atoms with van der Waals surface area (Å²) in [7, 11) is 0. The molecular weight excluding hydrogens is 272 g/mol. The largest absolute Gasteiger partial charge is 0.508 e. The van der Waals surface area contributed by atoms with E-state index in [0.717, 1.165) is 0 Å². The van der Waals surface area contributed by atoms with E-state index in [2.05, 4.69) is 11.3 Å². The summed E-state index contributed by atoms with van der Waals surface area (Å²) in [5.41, 5.74) is 0. The van der Waals surface area contributed by atoms with E-state index in [0.29, 0.717) is 24.6 Å². The second kappa shape index (κ2) is 9.03. The molecule has 0 spiro atoms. The van der Waals surface area contributed by atoms with Gasteiger partial charge in [0, 0.05) is 12.1 Å². The molecule has 0 bridgehead atoms. The van der Waals surface area contributed by atoms with Crippen LogP contribution in [0, 0.1) is 0 Å². The summed E-state index contributed by atoms with van der Waals surface area (Å²) in [5, 5.41) is 17.9. The van der Waals surface area contributed by atoms with Crippen LogP contribution in [0.4, 0.5) is 0 Å². The molecule has 5 nitrogen and oxygen atoms in total. The topological polar surface area (TPSA) is 76.0 Å². The van der Waals surface area contributed by atoms with Crippen molar-refractivity contribution in [3.05, 3.63) is 61.2 Å². The van der Waals surface area contributed by atoms with Gasteiger partial charge in [0.05, 0.1) is 0 Å². The minimum atomic E-state index is 0.0827. The monoisotopic (exact) mass is 288 g/mol. The number of aromatic hydroxyl groups is 2. The standard InChI is InChI=1S/C9H10O2.C7H6O3/c1-2-6-11-9-5-3-4-8(10)7-9;8-5-10-7-3-1-2-6(9)4-7/h2-5,7,10H,1,6H2;1-5,9H. The van der Waals surface area contributed by atoms with Crippen molar-refractivity contribution in [2.45, 2.75) is 0 Å². The zero-order valence-electron chi connectivity index (χ0n) is 11.3. The third-order valence-corrected chi connectivity index (χ3v) is 2.19. The van der Waals surface area contributed by atoms with Gasteiger partial charge in [-0.15, -0.1) is 0 Å². The fourth-order valence-electron chi connectivity index (χ4n) is 1.34. The smallest absolute Gasteiger partial charge is 0.298 e. The number of phenols is 2. The Bertz CT molecular complexity index is 580. The highest BCUT2D eigenvalue weighted by Crippen LogP contribution is 2.17. The zero-order valence-corrected chi connectivity index (χ0v) is 11.3. The van der Waals surface area contributed by atoms with Crippen molar-refractivity contribution in [1.82, 2.24) is 0 Å². The van der Waals surface area contributed by atoms with Crippen LogP contribution in [0.1, 0.15) is 0 Å². The van der Waals surface area contributed by atoms with Gasteiger partial charge >= 0.3 is 0 Å². The molecule has 0 radical (unpaired) electrons. The average Bonchev–Trinajstić information content (AvgIpc) is 2.46. The van der Waals surface area contributed by atoms with Crippen LogP contribution in [0.25, 0.3) is 0 Å². The molecule has 0 fully saturated rings. The fourth-order valence-corrected chi connectivity index (χ4v) is 1.34. The molecule has 0 aliphatic carbocycles. The fraction of sp³-hybridized carbons (Fsp3) is 0.0625. The SMILES string of the molecule is C=CCOc1cccc(O)c1.O=COc1cccc(O)c1. The van der Waals surface area contributed by atoms with Crippen LogP contribution in [-0.2, 0) is 4.79 Å². The number of phenolic OH excluding ortho intramolecular Hbond substituents is 2. The number of carbonyl (C=O) groups excluding carboxylic acids is 1. The highest BCUT2D eigenvalue weighted by molar-refractivity contribution is 5.46. The first-order valence-corrected chi connectivity index (χ1v) is 6.07. The minimum absolute atomic E-state index is 0.0827. The van der Waals surface area contributed by atoms with E-state index in [1.807, 2.05) is 0 Å². The van der Waals surface area contributed by atoms with E-state index in [4.69, 9.17) is 14.9 Å². The molecule has 0 unspecified atom stereocenters. The lowest BCUT2D eigenvalue weighted by Gasteiger charge is -2.01. The normalized spacial score (nSPS) is 8.95. The second-order valence-corrected chi connectivity index (χ2v) is 3.81. The van der Waals surface area contributed by atoms with Crippen molar-refractivity contribution in [1.29, 1.82) is 0 Å². The maximum absolute atomic E-state index is 9.78. The molecule has 110 valence electrons. The lowest BCUT2D eigenvalue weighted by molar-refractivity contribution is -0.120. The van der Waals surface area contributed by atoms with Gasteiger partial charge in [0.1, 0.15) is 29.6 Å². The predicted octanol–water partition coefficient (Wildman–Crippen LogP) is 2.88. The van der Waals surface area contributed by atoms with Crippen LogP contribution in [-0.4, -0.2) is 23.3 Å². The van der Waals surface area contributed by atoms with Crippen molar-refractivity contribution >= 4 is 6.47 Å². The van der Waals surface area contributed by atoms with Crippen molar-refractivity contribution in [3.8, 4) is 23.0 Å². The Morgan fingerprint density at radius 2 is 1.57 bits per heavy atom. The van der Waals surface area contributed by atoms with Gasteiger partial charge in [0.2, 0.25) is 0 Å². The van der Waals surface area contributed by atoms with Crippen LogP contribution in [0.3, 0.4) is 0 Å². The first-order chi connectivity index (χ1) is 10.2. The number of benzene rings is 2. The first kappa shape index (κ1) is 16.1. The molecule has 2 N–H and O–H groups in total. The van der Waals surface area contributed by atoms with E-state index in [-0.39, 0.29) is 11.5 Å². The third-order valence-electron chi connectivity index (χ3n) is 2.19. The molecule has 0 aromatic heterocycles. The Labute approximate surface area is 122 Å². The summed E-state index contributed by atoms with van der Waals surface area (Å²) in [6.07, 6.45) is 1.66. The van der Waals surface area contributed by atoms with Crippen molar-refractivity contribution in [2.75, 3.05) is 6.61 Å². The predicted molar refractivity (Wildman–Crippen MR) is 78.6 cm³/mol. The molecule has 0 heterocycles. The summed E-state index contributed by atoms with van der Waals surface area (Å²) < 4.78 is 9.60. The molecule has 0 aliphatic heterocycles. The van der Waals surface area contributed by atoms with Gasteiger partial charge in [-0.25, -0.2) is 0 Å². The second-order valence-electron chi connectivity index (χ2n) is 3.81. The lowest BCUT2D eigenvalue weighted by atomic mass is 10.3. The molecule has 0 saturated heterocycles. The van der Waals surface area contributed by atoms with Crippen LogP contribution >= 0.6 is 0 Å². The van der Waals surface area contributed by atoms with Gasteiger partial charge in [-0.3, -0.25) is 4.79 Å². The van der Waals surface area contributed by atoms with E-state index < -0.39 is 0 Å². The van der Waals surface area contributed by atoms with E-state index in [1.165, 1.54) is 12.1 Å². The number of rotatable bonds is 5. The molecule has 2 aromatic rings. The summed E-state index contributed by atoms with van der Waals surface area (Å²) in [4.78, 5) is 9.78. The Morgan fingerprint density at radius 1 is 1.00 bits per heavy atom. The quantitative estimate of drug-likeness (QED) is 0.653. The van der Waals surface area contributed by atoms with Gasteiger partial charge < -0.3 is 19.7 Å². The molecule has 2 rings (SSSR count). The van der Waals surface area contributed by atoms with Crippen molar-refractivity contribution in [2.24, 2.45) is 0 Å². The molecule has 0 saturated carbocycles.